The fourth-order valence-corrected chi connectivity index (χ4v) is 5.75. The highest BCUT2D eigenvalue weighted by Crippen LogP contribution is 2.38. The molecule has 0 saturated carbocycles. The number of benzene rings is 1. The molecule has 2 aliphatic rings. The number of esters is 1. The number of aliphatic carboxylic acids is 1. The first-order valence-electron chi connectivity index (χ1n) is 14.1. The molecule has 14 heteroatoms. The van der Waals surface area contributed by atoms with Crippen LogP contribution in [0.25, 0.3) is 0 Å². The smallest absolute Gasteiger partial charge is 0.338 e. The number of nitrogens with zero attached hydrogens (tertiary/aromatic N) is 4. The molecule has 1 aromatic carbocycles. The Balaban J connectivity index is 1.66. The van der Waals surface area contributed by atoms with Crippen molar-refractivity contribution in [3.8, 4) is 0 Å². The molecule has 3 heterocycles. The second-order valence-corrected chi connectivity index (χ2v) is 12.5. The lowest BCUT2D eigenvalue weighted by Crippen LogP contribution is -2.43. The number of aliphatic imine (C=N–C) groups is 1. The highest BCUT2D eigenvalue weighted by Gasteiger charge is 2.53. The summed E-state index contributed by atoms with van der Waals surface area (Å²) in [6.45, 7) is 4.99. The monoisotopic (exact) mass is 635 g/mol. The highest BCUT2D eigenvalue weighted by molar-refractivity contribution is 7.11. The van der Waals surface area contributed by atoms with Gasteiger partial charge in [-0.15, -0.1) is 11.3 Å². The zero-order chi connectivity index (χ0) is 32.4. The SMILES string of the molecule is CCOC(=O)C1=C(CN2C[C@@H](C(=O)N(C)CCC(C)(C)C(=O)O)C(F)(F)C2)NC(c2nccs2)=N[C@H]1c1cccc(F)c1C. The van der Waals surface area contributed by atoms with E-state index in [1.165, 1.54) is 49.3 Å². The molecule has 2 N–H and O–H groups in total. The number of ether oxygens (including phenoxy) is 1. The van der Waals surface area contributed by atoms with Crippen molar-refractivity contribution >= 4 is 35.0 Å². The molecule has 0 radical (unpaired) electrons. The second kappa shape index (κ2) is 13.1. The van der Waals surface area contributed by atoms with Crippen LogP contribution in [-0.4, -0.2) is 89.3 Å². The van der Waals surface area contributed by atoms with E-state index in [1.807, 2.05) is 0 Å². The summed E-state index contributed by atoms with van der Waals surface area (Å²) in [5, 5.41) is 14.7. The van der Waals surface area contributed by atoms with Crippen molar-refractivity contribution < 1.29 is 37.4 Å². The molecule has 238 valence electrons. The summed E-state index contributed by atoms with van der Waals surface area (Å²) in [6, 6.07) is 3.44. The molecule has 2 aliphatic heterocycles. The summed E-state index contributed by atoms with van der Waals surface area (Å²) >= 11 is 1.28. The minimum absolute atomic E-state index is 0.00721. The van der Waals surface area contributed by atoms with Crippen LogP contribution in [0.2, 0.25) is 0 Å². The van der Waals surface area contributed by atoms with Gasteiger partial charge in [0.25, 0.3) is 5.92 Å². The molecule has 0 spiro atoms. The number of hydrogen-bond donors (Lipinski definition) is 2. The third kappa shape index (κ3) is 6.96. The Morgan fingerprint density at radius 3 is 2.66 bits per heavy atom. The Hall–Kier alpha value is -3.78. The number of amidine groups is 1. The van der Waals surface area contributed by atoms with Gasteiger partial charge in [-0.25, -0.2) is 22.9 Å². The summed E-state index contributed by atoms with van der Waals surface area (Å²) in [6.07, 6.45) is 1.66. The highest BCUT2D eigenvalue weighted by atomic mass is 32.1. The molecule has 0 bridgehead atoms. The molecule has 1 amide bonds. The zero-order valence-corrected chi connectivity index (χ0v) is 26.0. The van der Waals surface area contributed by atoms with Gasteiger partial charge in [0.2, 0.25) is 5.91 Å². The maximum Gasteiger partial charge on any atom is 0.338 e. The summed E-state index contributed by atoms with van der Waals surface area (Å²) in [7, 11) is 1.38. The molecule has 2 aromatic rings. The number of aromatic nitrogens is 1. The predicted molar refractivity (Wildman–Crippen MR) is 158 cm³/mol. The normalized spacial score (nSPS) is 20.2. The van der Waals surface area contributed by atoms with E-state index in [9.17, 15) is 23.9 Å². The molecular formula is C30H36F3N5O5S. The van der Waals surface area contributed by atoms with Gasteiger partial charge in [0.05, 0.1) is 24.1 Å². The van der Waals surface area contributed by atoms with Gasteiger partial charge < -0.3 is 20.1 Å². The number of carbonyl (C=O) groups excluding carboxylic acids is 2. The lowest BCUT2D eigenvalue weighted by molar-refractivity contribution is -0.150. The van der Waals surface area contributed by atoms with Crippen LogP contribution >= 0.6 is 11.3 Å². The standard InChI is InChI=1S/C30H36F3N5O5S/c1-6-43-27(40)22-21(35-24(25-34-11-13-44-25)36-23(22)18-8-7-9-20(31)17(18)2)15-38-14-19(30(32,33)16-38)26(39)37(5)12-10-29(3,4)28(41)42/h7-9,11,13,19,23H,6,10,12,14-16H2,1-5H3,(H,35,36)(H,41,42)/t19-,23-/m0/s1. The molecular weight excluding hydrogens is 599 g/mol. The van der Waals surface area contributed by atoms with Crippen LogP contribution in [0.3, 0.4) is 0 Å². The lowest BCUT2D eigenvalue weighted by atomic mass is 9.89. The van der Waals surface area contributed by atoms with Crippen LogP contribution in [0.5, 0.6) is 0 Å². The lowest BCUT2D eigenvalue weighted by Gasteiger charge is -2.30. The number of hydrogen-bond acceptors (Lipinski definition) is 9. The number of carbonyl (C=O) groups is 3. The predicted octanol–water partition coefficient (Wildman–Crippen LogP) is 4.03. The number of carboxylic acids is 1. The van der Waals surface area contributed by atoms with Gasteiger partial charge in [-0.05, 0) is 51.3 Å². The molecule has 1 fully saturated rings. The Kier molecular flexibility index (Phi) is 9.83. The number of nitrogens with one attached hydrogen (secondary N) is 1. The van der Waals surface area contributed by atoms with Crippen molar-refractivity contribution in [2.75, 3.05) is 39.8 Å². The van der Waals surface area contributed by atoms with Crippen LogP contribution < -0.4 is 5.32 Å². The van der Waals surface area contributed by atoms with Gasteiger partial charge >= 0.3 is 11.9 Å². The Bertz CT molecular complexity index is 1480. The van der Waals surface area contributed by atoms with Gasteiger partial charge in [0.1, 0.15) is 17.8 Å². The van der Waals surface area contributed by atoms with Gasteiger partial charge in [-0.2, -0.15) is 0 Å². The van der Waals surface area contributed by atoms with Crippen LogP contribution in [0.15, 0.2) is 46.0 Å². The van der Waals surface area contributed by atoms with Gasteiger partial charge in [0.15, 0.2) is 10.8 Å². The van der Waals surface area contributed by atoms with E-state index in [-0.39, 0.29) is 55.3 Å². The number of amides is 1. The first kappa shape index (κ1) is 33.1. The van der Waals surface area contributed by atoms with E-state index in [4.69, 9.17) is 9.73 Å². The summed E-state index contributed by atoms with van der Waals surface area (Å²) < 4.78 is 50.7. The Morgan fingerprint density at radius 1 is 1.30 bits per heavy atom. The summed E-state index contributed by atoms with van der Waals surface area (Å²) in [5.74, 6) is -7.85. The van der Waals surface area contributed by atoms with Crippen molar-refractivity contribution in [3.63, 3.8) is 0 Å². The number of likely N-dealkylation sites (tertiary alicyclic amines) is 1. The molecule has 0 unspecified atom stereocenters. The third-order valence-electron chi connectivity index (χ3n) is 7.95. The largest absolute Gasteiger partial charge is 0.481 e. The summed E-state index contributed by atoms with van der Waals surface area (Å²) in [4.78, 5) is 49.5. The van der Waals surface area contributed by atoms with E-state index < -0.39 is 53.5 Å². The van der Waals surface area contributed by atoms with Crippen LogP contribution in [0.1, 0.15) is 49.4 Å². The van der Waals surface area contributed by atoms with Crippen LogP contribution in [0.4, 0.5) is 13.2 Å². The Labute approximate surface area is 257 Å². The maximum absolute atomic E-state index is 15.4. The second-order valence-electron chi connectivity index (χ2n) is 11.6. The van der Waals surface area contributed by atoms with Crippen molar-refractivity contribution in [2.45, 2.75) is 46.1 Å². The van der Waals surface area contributed by atoms with E-state index in [0.717, 1.165) is 4.90 Å². The average molecular weight is 636 g/mol. The quantitative estimate of drug-likeness (QED) is 0.355. The van der Waals surface area contributed by atoms with Crippen LogP contribution in [-0.2, 0) is 19.1 Å². The number of halogens is 3. The molecule has 10 nitrogen and oxygen atoms in total. The molecule has 4 rings (SSSR count). The molecule has 0 aliphatic carbocycles. The zero-order valence-electron chi connectivity index (χ0n) is 25.2. The van der Waals surface area contributed by atoms with Gasteiger partial charge in [-0.3, -0.25) is 19.5 Å². The van der Waals surface area contributed by atoms with E-state index >= 15 is 8.78 Å². The van der Waals surface area contributed by atoms with Crippen molar-refractivity contribution in [3.05, 3.63) is 63.0 Å². The minimum Gasteiger partial charge on any atom is -0.481 e. The van der Waals surface area contributed by atoms with Crippen molar-refractivity contribution in [1.29, 1.82) is 0 Å². The number of alkyl halides is 2. The fraction of sp³-hybridized carbons (Fsp3) is 0.500. The third-order valence-corrected chi connectivity index (χ3v) is 8.73. The maximum atomic E-state index is 15.4. The van der Waals surface area contributed by atoms with Gasteiger partial charge in [-0.1, -0.05) is 12.1 Å². The van der Waals surface area contributed by atoms with Crippen LogP contribution in [0, 0.1) is 24.1 Å². The van der Waals surface area contributed by atoms with Gasteiger partial charge in [0, 0.05) is 44.0 Å². The first-order chi connectivity index (χ1) is 20.7. The minimum atomic E-state index is -3.39. The molecule has 1 aromatic heterocycles. The molecule has 2 atom stereocenters. The van der Waals surface area contributed by atoms with E-state index in [0.29, 0.717) is 10.6 Å². The number of rotatable bonds is 11. The average Bonchev–Trinajstić information content (AvgIpc) is 3.60. The first-order valence-corrected chi connectivity index (χ1v) is 15.0. The fourth-order valence-electron chi connectivity index (χ4n) is 5.16. The van der Waals surface area contributed by atoms with E-state index in [2.05, 4.69) is 10.3 Å². The Morgan fingerprint density at radius 2 is 2.02 bits per heavy atom. The summed E-state index contributed by atoms with van der Waals surface area (Å²) in [5.41, 5.74) is -0.166. The molecule has 44 heavy (non-hydrogen) atoms. The van der Waals surface area contributed by atoms with Crippen molar-refractivity contribution in [1.82, 2.24) is 20.1 Å². The van der Waals surface area contributed by atoms with Crippen molar-refractivity contribution in [2.24, 2.45) is 16.3 Å². The number of carboxylic acid groups (broad SMARTS) is 1. The topological polar surface area (TPSA) is 124 Å². The molecule has 1 saturated heterocycles. The number of thiazole rings is 1. The van der Waals surface area contributed by atoms with E-state index in [1.54, 1.807) is 31.5 Å².